The molecule has 9 nitrogen and oxygen atoms in total. The van der Waals surface area contributed by atoms with E-state index in [-0.39, 0.29) is 22.1 Å². The molecule has 43 heavy (non-hydrogen) atoms. The molecule has 4 aromatic rings. The summed E-state index contributed by atoms with van der Waals surface area (Å²) in [5.74, 6) is -0.750. The first-order valence-electron chi connectivity index (χ1n) is 14.0. The first kappa shape index (κ1) is 30.3. The highest BCUT2D eigenvalue weighted by Gasteiger charge is 2.26. The summed E-state index contributed by atoms with van der Waals surface area (Å²) in [6, 6.07) is 19.8. The number of hydrogen-bond acceptors (Lipinski definition) is 6. The van der Waals surface area contributed by atoms with Crippen LogP contribution in [0.2, 0.25) is 5.02 Å². The molecule has 1 N–H and O–H groups in total. The van der Waals surface area contributed by atoms with Gasteiger partial charge in [0.15, 0.2) is 12.4 Å². The van der Waals surface area contributed by atoms with E-state index in [1.165, 1.54) is 46.3 Å². The number of hydrogen-bond donors (Lipinski definition) is 1. The molecule has 1 fully saturated rings. The van der Waals surface area contributed by atoms with E-state index in [1.54, 1.807) is 56.4 Å². The van der Waals surface area contributed by atoms with Crippen molar-refractivity contribution in [3.05, 3.63) is 111 Å². The van der Waals surface area contributed by atoms with Crippen LogP contribution in [0.5, 0.6) is 0 Å². The number of rotatable bonds is 9. The van der Waals surface area contributed by atoms with Crippen molar-refractivity contribution < 1.29 is 22.7 Å². The number of aromatic nitrogens is 2. The number of ether oxygens (including phenoxy) is 1. The van der Waals surface area contributed by atoms with Gasteiger partial charge in [-0.25, -0.2) is 17.9 Å². The van der Waals surface area contributed by atoms with Crippen LogP contribution in [0.1, 0.15) is 70.0 Å². The summed E-state index contributed by atoms with van der Waals surface area (Å²) in [6.07, 6.45) is 5.99. The van der Waals surface area contributed by atoms with E-state index in [0.29, 0.717) is 22.9 Å². The molecule has 11 heteroatoms. The van der Waals surface area contributed by atoms with Crippen LogP contribution in [-0.2, 0) is 21.8 Å². The Balaban J connectivity index is 1.30. The molecule has 0 radical (unpaired) electrons. The summed E-state index contributed by atoms with van der Waals surface area (Å²) in [5, 5.41) is -0.157. The number of nitrogens with zero attached hydrogens (tertiary/aromatic N) is 2. The molecule has 0 bridgehead atoms. The number of halogens is 1. The smallest absolute Gasteiger partial charge is 0.338 e. The quantitative estimate of drug-likeness (QED) is 0.180. The van der Waals surface area contributed by atoms with Gasteiger partial charge in [0, 0.05) is 12.6 Å². The molecule has 0 unspecified atom stereocenters. The number of Topliss-reactive ketones (excluding diaryl/α,β-unsaturated/α-hetero) is 1. The summed E-state index contributed by atoms with van der Waals surface area (Å²) in [4.78, 5) is 38.3. The molecule has 1 saturated carbocycles. The van der Waals surface area contributed by atoms with Crippen LogP contribution >= 0.6 is 11.6 Å². The van der Waals surface area contributed by atoms with E-state index in [9.17, 15) is 22.8 Å². The molecule has 1 heterocycles. The standard InChI is InChI=1S/C32H32ClN3O6S/c1-21-30(31(38)36(35(21)2)26-11-7-4-8-12-26)34-43(40,41)29-19-25(17-18-27(29)33)32(39)42-20-28(37)24-15-13-23(14-16-24)22-9-5-3-6-10-22/h4,7-8,11-19,22,34H,3,5-6,9-10,20H2,1-2H3. The highest BCUT2D eigenvalue weighted by atomic mass is 35.5. The lowest BCUT2D eigenvalue weighted by molar-refractivity contribution is 0.0474. The van der Waals surface area contributed by atoms with E-state index in [2.05, 4.69) is 4.72 Å². The topological polar surface area (TPSA) is 116 Å². The van der Waals surface area contributed by atoms with Gasteiger partial charge in [-0.3, -0.25) is 19.0 Å². The highest BCUT2D eigenvalue weighted by molar-refractivity contribution is 7.92. The highest BCUT2D eigenvalue weighted by Crippen LogP contribution is 2.32. The van der Waals surface area contributed by atoms with Gasteiger partial charge < -0.3 is 4.74 Å². The van der Waals surface area contributed by atoms with Crippen LogP contribution in [0.4, 0.5) is 5.69 Å². The van der Waals surface area contributed by atoms with Gasteiger partial charge in [-0.05, 0) is 61.6 Å². The Morgan fingerprint density at radius 2 is 1.60 bits per heavy atom. The van der Waals surface area contributed by atoms with Crippen LogP contribution in [0.15, 0.2) is 82.5 Å². The van der Waals surface area contributed by atoms with Crippen LogP contribution < -0.4 is 10.3 Å². The predicted molar refractivity (Wildman–Crippen MR) is 165 cm³/mol. The molecule has 1 aromatic heterocycles. The van der Waals surface area contributed by atoms with Crippen LogP contribution in [-0.4, -0.2) is 36.1 Å². The number of para-hydroxylation sites is 1. The Kier molecular flexibility index (Phi) is 8.89. The number of carbonyl (C=O) groups excluding carboxylic acids is 2. The number of carbonyl (C=O) groups is 2. The lowest BCUT2D eigenvalue weighted by Crippen LogP contribution is -2.23. The first-order valence-corrected chi connectivity index (χ1v) is 15.9. The summed E-state index contributed by atoms with van der Waals surface area (Å²) in [6.45, 7) is 1.10. The molecule has 1 aliphatic rings. The first-order chi connectivity index (χ1) is 20.6. The van der Waals surface area contributed by atoms with E-state index in [4.69, 9.17) is 16.3 Å². The molecular formula is C32H32ClN3O6S. The van der Waals surface area contributed by atoms with Crippen LogP contribution in [0, 0.1) is 6.92 Å². The summed E-state index contributed by atoms with van der Waals surface area (Å²) >= 11 is 6.23. The van der Waals surface area contributed by atoms with E-state index in [0.717, 1.165) is 18.9 Å². The molecule has 0 atom stereocenters. The maximum atomic E-state index is 13.4. The number of anilines is 1. The molecule has 0 amide bonds. The van der Waals surface area contributed by atoms with Crippen molar-refractivity contribution in [2.75, 3.05) is 11.3 Å². The number of benzene rings is 3. The monoisotopic (exact) mass is 621 g/mol. The normalized spacial score (nSPS) is 13.9. The van der Waals surface area contributed by atoms with Crippen LogP contribution in [0.3, 0.4) is 0 Å². The maximum absolute atomic E-state index is 13.4. The van der Waals surface area contributed by atoms with Crippen molar-refractivity contribution in [1.29, 1.82) is 0 Å². The lowest BCUT2D eigenvalue weighted by atomic mass is 9.84. The molecule has 224 valence electrons. The predicted octanol–water partition coefficient (Wildman–Crippen LogP) is 6.03. The van der Waals surface area contributed by atoms with Crippen molar-refractivity contribution in [3.8, 4) is 5.69 Å². The molecule has 5 rings (SSSR count). The fraction of sp³-hybridized carbons (Fsp3) is 0.281. The number of nitrogens with one attached hydrogen (secondary N) is 1. The largest absolute Gasteiger partial charge is 0.454 e. The van der Waals surface area contributed by atoms with Gasteiger partial charge in [0.2, 0.25) is 0 Å². The Labute approximate surface area is 255 Å². The van der Waals surface area contributed by atoms with Crippen molar-refractivity contribution in [1.82, 2.24) is 9.36 Å². The Morgan fingerprint density at radius 1 is 0.953 bits per heavy atom. The summed E-state index contributed by atoms with van der Waals surface area (Å²) in [5.41, 5.74) is 1.71. The molecule has 0 aliphatic heterocycles. The second-order valence-corrected chi connectivity index (χ2v) is 12.7. The Hall–Kier alpha value is -4.15. The van der Waals surface area contributed by atoms with Crippen molar-refractivity contribution in [3.63, 3.8) is 0 Å². The number of ketones is 1. The molecule has 0 saturated heterocycles. The van der Waals surface area contributed by atoms with Gasteiger partial charge in [-0.1, -0.05) is 73.3 Å². The molecule has 0 spiro atoms. The lowest BCUT2D eigenvalue weighted by Gasteiger charge is -2.22. The average molecular weight is 622 g/mol. The van der Waals surface area contributed by atoms with Gasteiger partial charge in [0.05, 0.1) is 22.0 Å². The Bertz CT molecular complexity index is 1820. The van der Waals surface area contributed by atoms with E-state index < -0.39 is 33.1 Å². The minimum absolute atomic E-state index is 0.114. The zero-order valence-corrected chi connectivity index (χ0v) is 25.5. The van der Waals surface area contributed by atoms with Gasteiger partial charge in [0.1, 0.15) is 10.6 Å². The van der Waals surface area contributed by atoms with Gasteiger partial charge in [-0.15, -0.1) is 0 Å². The van der Waals surface area contributed by atoms with Gasteiger partial charge in [0.25, 0.3) is 15.6 Å². The summed E-state index contributed by atoms with van der Waals surface area (Å²) < 4.78 is 37.2. The second-order valence-electron chi connectivity index (χ2n) is 10.6. The van der Waals surface area contributed by atoms with Crippen molar-refractivity contribution in [2.24, 2.45) is 7.05 Å². The fourth-order valence-corrected chi connectivity index (χ4v) is 7.03. The minimum Gasteiger partial charge on any atom is -0.454 e. The van der Waals surface area contributed by atoms with E-state index in [1.807, 2.05) is 12.1 Å². The minimum atomic E-state index is -4.40. The van der Waals surface area contributed by atoms with Gasteiger partial charge >= 0.3 is 5.97 Å². The third-order valence-electron chi connectivity index (χ3n) is 7.89. The van der Waals surface area contributed by atoms with Crippen LogP contribution in [0.25, 0.3) is 5.69 Å². The second kappa shape index (κ2) is 12.6. The SMILES string of the molecule is Cc1c(NS(=O)(=O)c2cc(C(=O)OCC(=O)c3ccc(C4CCCCC4)cc3)ccc2Cl)c(=O)n(-c2ccccc2)n1C. The average Bonchev–Trinajstić information content (AvgIpc) is 3.23. The van der Waals surface area contributed by atoms with Gasteiger partial charge in [-0.2, -0.15) is 0 Å². The molecular weight excluding hydrogens is 590 g/mol. The summed E-state index contributed by atoms with van der Waals surface area (Å²) in [7, 11) is -2.77. The zero-order chi connectivity index (χ0) is 30.7. The van der Waals surface area contributed by atoms with Crippen molar-refractivity contribution in [2.45, 2.75) is 49.8 Å². The third kappa shape index (κ3) is 6.45. The fourth-order valence-electron chi connectivity index (χ4n) is 5.39. The van der Waals surface area contributed by atoms with Crippen molar-refractivity contribution >= 4 is 39.1 Å². The number of esters is 1. The molecule has 1 aliphatic carbocycles. The Morgan fingerprint density at radius 3 is 2.28 bits per heavy atom. The van der Waals surface area contributed by atoms with E-state index >= 15 is 0 Å². The maximum Gasteiger partial charge on any atom is 0.338 e. The zero-order valence-electron chi connectivity index (χ0n) is 23.9. The number of sulfonamides is 1. The third-order valence-corrected chi connectivity index (χ3v) is 9.72. The molecule has 3 aromatic carbocycles.